The van der Waals surface area contributed by atoms with Crippen LogP contribution in [-0.2, 0) is 5.41 Å². The van der Waals surface area contributed by atoms with Crippen molar-refractivity contribution in [3.63, 3.8) is 0 Å². The average Bonchev–Trinajstić information content (AvgIpc) is 1.46. The van der Waals surface area contributed by atoms with Crippen molar-refractivity contribution in [2.75, 3.05) is 19.6 Å². The monoisotopic (exact) mass is 1520 g/mol. The van der Waals surface area contributed by atoms with E-state index in [0.29, 0.717) is 0 Å². The predicted octanol–water partition coefficient (Wildman–Crippen LogP) is 25.2. The summed E-state index contributed by atoms with van der Waals surface area (Å²) < 4.78 is 0. The van der Waals surface area contributed by atoms with E-state index in [1.165, 1.54) is 153 Å². The number of nitrogens with zero attached hydrogens (tertiary/aromatic N) is 4. The molecule has 24 rings (SSSR count). The molecule has 2 aliphatic carbocycles. The van der Waals surface area contributed by atoms with Gasteiger partial charge in [0.25, 0.3) is 0 Å². The first kappa shape index (κ1) is 67.5. The lowest BCUT2D eigenvalue weighted by molar-refractivity contribution is 0.789. The molecule has 8 heteroatoms. The van der Waals surface area contributed by atoms with E-state index in [9.17, 15) is 0 Å². The third kappa shape index (κ3) is 10.5. The minimum atomic E-state index is -0.704. The molecular formula is C109H70B2N4S2. The summed E-state index contributed by atoms with van der Waals surface area (Å²) in [5.74, 6) is 0. The minimum Gasteiger partial charge on any atom is -0.311 e. The summed E-state index contributed by atoms with van der Waals surface area (Å²) >= 11 is 3.89. The molecular weight excluding hydrogens is 1450 g/mol. The maximum absolute atomic E-state index is 2.67. The highest BCUT2D eigenvalue weighted by molar-refractivity contribution is 8.00. The second kappa shape index (κ2) is 27.1. The third-order valence-electron chi connectivity index (χ3n) is 25.1. The van der Waals surface area contributed by atoms with Gasteiger partial charge in [-0.05, 0) is 209 Å². The predicted molar refractivity (Wildman–Crippen MR) is 494 cm³/mol. The van der Waals surface area contributed by atoms with Crippen molar-refractivity contribution in [3.05, 3.63) is 447 Å². The van der Waals surface area contributed by atoms with E-state index >= 15 is 0 Å². The number of para-hydroxylation sites is 6. The zero-order valence-electron chi connectivity index (χ0n) is 63.7. The van der Waals surface area contributed by atoms with E-state index in [0.717, 1.165) is 56.9 Å². The summed E-state index contributed by atoms with van der Waals surface area (Å²) in [5.41, 5.74) is 40.4. The van der Waals surface area contributed by atoms with Crippen molar-refractivity contribution in [1.82, 2.24) is 0 Å². The lowest BCUT2D eigenvalue weighted by atomic mass is 9.34. The van der Waals surface area contributed by atoms with Gasteiger partial charge in [0.2, 0.25) is 13.4 Å². The van der Waals surface area contributed by atoms with E-state index < -0.39 is 5.41 Å². The zero-order valence-corrected chi connectivity index (χ0v) is 65.3. The highest BCUT2D eigenvalue weighted by atomic mass is 32.2. The minimum absolute atomic E-state index is 0.153. The number of fused-ring (bicyclic) bond motifs is 18. The summed E-state index contributed by atoms with van der Waals surface area (Å²) in [6.07, 6.45) is 0. The quantitative estimate of drug-likeness (QED) is 0.112. The molecule has 0 saturated heterocycles. The van der Waals surface area contributed by atoms with Crippen LogP contribution in [0.15, 0.2) is 444 Å². The highest BCUT2D eigenvalue weighted by Crippen LogP contribution is 2.65. The van der Waals surface area contributed by atoms with Crippen molar-refractivity contribution < 1.29 is 0 Å². The molecule has 0 N–H and O–H groups in total. The Bertz CT molecular complexity index is 6530. The molecule has 4 heterocycles. The zero-order chi connectivity index (χ0) is 76.8. The van der Waals surface area contributed by atoms with Gasteiger partial charge in [-0.1, -0.05) is 350 Å². The molecule has 0 saturated carbocycles. The van der Waals surface area contributed by atoms with E-state index in [1.54, 1.807) is 0 Å². The van der Waals surface area contributed by atoms with Gasteiger partial charge in [-0.15, -0.1) is 0 Å². The smallest absolute Gasteiger partial charge is 0.249 e. The Labute approximate surface area is 691 Å². The molecule has 0 amide bonds. The molecule has 0 fully saturated rings. The third-order valence-corrected chi connectivity index (χ3v) is 27.4. The summed E-state index contributed by atoms with van der Waals surface area (Å²) in [4.78, 5) is 15.1. The SMILES string of the molecule is c1ccc(-c2ccc3c(c2)B2c4cc5c(cc4Sc4cc(N(c6ccccc6)c6ccccc6)cc(c42)N3c2ccccc2-c2ccccc2)C2(c3ccccc3-5)c3ccccc3-c3cc4c(cc32)Sc2cc(N(c3ccccc3)c3ccccc3)cc3c2B4c2cc(-c4ccccc4)ccc2N3c2ccccc2-c2ccccc2)cc1. The fourth-order valence-corrected chi connectivity index (χ4v) is 22.7. The number of hydrogen-bond donors (Lipinski definition) is 0. The Morgan fingerprint density at radius 3 is 0.880 bits per heavy atom. The average molecular weight is 1520 g/mol. The van der Waals surface area contributed by atoms with Crippen LogP contribution in [0.3, 0.4) is 0 Å². The van der Waals surface area contributed by atoms with Crippen molar-refractivity contribution in [1.29, 1.82) is 0 Å². The Kier molecular flexibility index (Phi) is 15.6. The second-order valence-corrected chi connectivity index (χ2v) is 33.4. The van der Waals surface area contributed by atoms with Crippen LogP contribution in [0.2, 0.25) is 0 Å². The Morgan fingerprint density at radius 2 is 0.513 bits per heavy atom. The molecule has 18 aromatic rings. The maximum Gasteiger partial charge on any atom is 0.249 e. The van der Waals surface area contributed by atoms with Gasteiger partial charge in [-0.25, -0.2) is 0 Å². The number of benzene rings is 18. The van der Waals surface area contributed by atoms with Crippen molar-refractivity contribution >= 4 is 138 Å². The first-order valence-electron chi connectivity index (χ1n) is 40.4. The summed E-state index contributed by atoms with van der Waals surface area (Å²) in [5, 5.41) is 0. The van der Waals surface area contributed by atoms with Crippen LogP contribution in [0, 0.1) is 0 Å². The molecule has 1 spiro atoms. The first-order chi connectivity index (χ1) is 58.1. The molecule has 0 bridgehead atoms. The van der Waals surface area contributed by atoms with Gasteiger partial charge in [0.05, 0.1) is 16.8 Å². The largest absolute Gasteiger partial charge is 0.311 e. The van der Waals surface area contributed by atoms with E-state index in [2.05, 4.69) is 444 Å². The summed E-state index contributed by atoms with van der Waals surface area (Å²) in [6, 6.07) is 160. The van der Waals surface area contributed by atoms with Crippen LogP contribution >= 0.6 is 23.5 Å². The normalized spacial score (nSPS) is 13.4. The lowest BCUT2D eigenvalue weighted by Crippen LogP contribution is -2.60. The van der Waals surface area contributed by atoms with Crippen LogP contribution in [0.5, 0.6) is 0 Å². The molecule has 6 aliphatic rings. The molecule has 117 heavy (non-hydrogen) atoms. The first-order valence-corrected chi connectivity index (χ1v) is 42.1. The number of hydrogen-bond acceptors (Lipinski definition) is 6. The van der Waals surface area contributed by atoms with Crippen LogP contribution in [0.25, 0.3) is 66.8 Å². The van der Waals surface area contributed by atoms with Crippen LogP contribution < -0.4 is 52.4 Å². The highest BCUT2D eigenvalue weighted by Gasteiger charge is 2.55. The molecule has 0 unspecified atom stereocenters. The van der Waals surface area contributed by atoms with Crippen molar-refractivity contribution in [2.24, 2.45) is 0 Å². The van der Waals surface area contributed by atoms with Gasteiger partial charge < -0.3 is 19.6 Å². The topological polar surface area (TPSA) is 13.0 Å². The van der Waals surface area contributed by atoms with Gasteiger partial charge in [0.1, 0.15) is 0 Å². The van der Waals surface area contributed by atoms with Crippen LogP contribution in [0.1, 0.15) is 22.3 Å². The van der Waals surface area contributed by atoms with Gasteiger partial charge in [-0.2, -0.15) is 0 Å². The maximum atomic E-state index is 2.67. The van der Waals surface area contributed by atoms with E-state index in [4.69, 9.17) is 0 Å². The van der Waals surface area contributed by atoms with Crippen LogP contribution in [-0.4, -0.2) is 13.4 Å². The standard InChI is InChI=1S/C109H70B2N4S2/c1-9-33-71(34-10-1)75-57-59-99-93(61-75)110-95-67-87-85-51-25-29-53-89(85)109(91(87)69-103(95)116-105-65-81(112(77-41-17-5-18-42-77)78-43-19-6-20-44-78)63-101(107(105)110)114(99)97-55-31-27-49-83(97)73-37-13-3-14-38-73)90-54-30-26-52-86(90)88-68-96-104(70-92(88)109)117-106-66-82(113(79-45-21-7-22-46-79)80-47-23-8-24-48-80)64-102-108(106)111(96)94-62-76(72-35-11-2-12-36-72)58-60-100(94)115(102)98-56-32-28-50-84(98)74-39-15-4-16-40-74/h1-70H. The van der Waals surface area contributed by atoms with Crippen LogP contribution in [0.4, 0.5) is 68.2 Å². The van der Waals surface area contributed by atoms with Gasteiger partial charge in [-0.3, -0.25) is 0 Å². The van der Waals surface area contributed by atoms with Crippen molar-refractivity contribution in [3.8, 4) is 66.8 Å². The fraction of sp³-hybridized carbons (Fsp3) is 0.00917. The fourth-order valence-electron chi connectivity index (χ4n) is 20.3. The molecule has 4 aliphatic heterocycles. The second-order valence-electron chi connectivity index (χ2n) is 31.3. The lowest BCUT2D eigenvalue weighted by Gasteiger charge is -2.42. The Morgan fingerprint density at radius 1 is 0.197 bits per heavy atom. The van der Waals surface area contributed by atoms with E-state index in [1.807, 2.05) is 23.5 Å². The Hall–Kier alpha value is -14.0. The molecule has 0 atom stereocenters. The molecule has 4 nitrogen and oxygen atoms in total. The van der Waals surface area contributed by atoms with Gasteiger partial charge in [0.15, 0.2) is 0 Å². The molecule has 544 valence electrons. The number of rotatable bonds is 12. The summed E-state index contributed by atoms with van der Waals surface area (Å²) in [7, 11) is 0. The Balaban J connectivity index is 0.753. The molecule has 0 aromatic heterocycles. The van der Waals surface area contributed by atoms with Gasteiger partial charge >= 0.3 is 0 Å². The number of anilines is 12. The van der Waals surface area contributed by atoms with Crippen molar-refractivity contribution in [2.45, 2.75) is 25.0 Å². The van der Waals surface area contributed by atoms with E-state index in [-0.39, 0.29) is 13.4 Å². The molecule has 0 radical (unpaired) electrons. The molecule has 18 aromatic carbocycles. The summed E-state index contributed by atoms with van der Waals surface area (Å²) in [6.45, 7) is -0.306. The van der Waals surface area contributed by atoms with Gasteiger partial charge in [0, 0.05) is 87.6 Å².